The number of rotatable bonds is 7. The van der Waals surface area contributed by atoms with E-state index in [1.165, 1.54) is 36.4 Å². The molecule has 0 spiro atoms. The van der Waals surface area contributed by atoms with Crippen molar-refractivity contribution < 1.29 is 32.8 Å². The highest BCUT2D eigenvalue weighted by molar-refractivity contribution is 6.23. The van der Waals surface area contributed by atoms with Crippen molar-refractivity contribution >= 4 is 51.8 Å². The van der Waals surface area contributed by atoms with E-state index in [1.54, 1.807) is 12.3 Å². The number of alkyl halides is 2. The van der Waals surface area contributed by atoms with Crippen LogP contribution < -0.4 is 15.5 Å². The molecule has 3 aromatic carbocycles. The molecule has 1 unspecified atom stereocenters. The van der Waals surface area contributed by atoms with Gasteiger partial charge in [0.15, 0.2) is 0 Å². The Kier molecular flexibility index (Phi) is 7.30. The van der Waals surface area contributed by atoms with Crippen LogP contribution in [0.1, 0.15) is 56.8 Å². The summed E-state index contributed by atoms with van der Waals surface area (Å²) in [5.41, 5.74) is 3.47. The van der Waals surface area contributed by atoms with Crippen LogP contribution in [0.5, 0.6) is 0 Å². The topological polar surface area (TPSA) is 142 Å². The molecule has 2 N–H and O–H groups in total. The number of nitrogens with zero attached hydrogens (tertiary/aromatic N) is 4. The normalized spacial score (nSPS) is 18.0. The van der Waals surface area contributed by atoms with E-state index in [0.29, 0.717) is 29.9 Å². The first-order valence-corrected chi connectivity index (χ1v) is 14.9. The second-order valence-electron chi connectivity index (χ2n) is 11.5. The smallest absolute Gasteiger partial charge is 0.347 e. The highest BCUT2D eigenvalue weighted by Crippen LogP contribution is 2.34. The van der Waals surface area contributed by atoms with Gasteiger partial charge >= 0.3 is 5.92 Å². The molecule has 5 amide bonds. The molecule has 0 saturated carbocycles. The second kappa shape index (κ2) is 11.5. The molecular weight excluding hydrogens is 610 g/mol. The van der Waals surface area contributed by atoms with Crippen LogP contribution in [-0.4, -0.2) is 57.0 Å². The zero-order chi connectivity index (χ0) is 32.9. The van der Waals surface area contributed by atoms with Gasteiger partial charge in [-0.15, -0.1) is 0 Å². The van der Waals surface area contributed by atoms with E-state index in [1.807, 2.05) is 35.4 Å². The minimum atomic E-state index is -3.88. The largest absolute Gasteiger partial charge is 0.349 e. The number of imide groups is 2. The third kappa shape index (κ3) is 5.39. The molecule has 0 radical (unpaired) electrons. The Morgan fingerprint density at radius 1 is 0.936 bits per heavy atom. The number of hydrogen-bond acceptors (Lipinski definition) is 8. The molecule has 13 heteroatoms. The minimum Gasteiger partial charge on any atom is -0.347 e. The van der Waals surface area contributed by atoms with Gasteiger partial charge in [0.05, 0.1) is 34.1 Å². The maximum Gasteiger partial charge on any atom is 0.349 e. The lowest BCUT2D eigenvalue weighted by atomic mass is 10.0. The van der Waals surface area contributed by atoms with E-state index in [2.05, 4.69) is 20.6 Å². The van der Waals surface area contributed by atoms with Crippen LogP contribution in [0.4, 0.5) is 14.5 Å². The fourth-order valence-corrected chi connectivity index (χ4v) is 6.00. The number of nitrogens with one attached hydrogen (secondary N) is 2. The number of piperidine rings is 1. The molecule has 1 aromatic heterocycles. The van der Waals surface area contributed by atoms with E-state index >= 15 is 8.78 Å². The molecule has 1 atom stereocenters. The van der Waals surface area contributed by atoms with Crippen LogP contribution >= 0.6 is 0 Å². The van der Waals surface area contributed by atoms with E-state index in [9.17, 15) is 24.0 Å². The lowest BCUT2D eigenvalue weighted by Gasteiger charge is -2.27. The number of benzene rings is 3. The molecule has 1 fully saturated rings. The maximum absolute atomic E-state index is 15.4. The summed E-state index contributed by atoms with van der Waals surface area (Å²) in [6.45, 7) is 0.192. The van der Waals surface area contributed by atoms with E-state index in [-0.39, 0.29) is 30.5 Å². The zero-order valence-electron chi connectivity index (χ0n) is 24.7. The summed E-state index contributed by atoms with van der Waals surface area (Å²) in [5.74, 6) is -8.06. The highest BCUT2D eigenvalue weighted by atomic mass is 19.3. The zero-order valence-corrected chi connectivity index (χ0v) is 24.7. The summed E-state index contributed by atoms with van der Waals surface area (Å²) in [5, 5.41) is 4.36. The first kappa shape index (κ1) is 29.8. The Bertz CT molecular complexity index is 2050. The van der Waals surface area contributed by atoms with Crippen LogP contribution in [0.3, 0.4) is 0 Å². The first-order chi connectivity index (χ1) is 22.6. The number of amides is 5. The van der Waals surface area contributed by atoms with Gasteiger partial charge in [0, 0.05) is 37.0 Å². The van der Waals surface area contributed by atoms with Crippen LogP contribution in [0.15, 0.2) is 79.1 Å². The van der Waals surface area contributed by atoms with Gasteiger partial charge in [0.1, 0.15) is 6.04 Å². The third-order valence-electron chi connectivity index (χ3n) is 8.49. The SMILES string of the molecule is O=C1CCC(N2C(=O)c3ccc(CNC(=O)C(F)(F)c4cccc(N5C=C(c6cnc7ccccc7n6)CC5)c4)cc3C2=O)C(=O)N1. The van der Waals surface area contributed by atoms with E-state index in [0.717, 1.165) is 21.5 Å². The quantitative estimate of drug-likeness (QED) is 0.293. The monoisotopic (exact) mass is 636 g/mol. The van der Waals surface area contributed by atoms with Gasteiger partial charge in [0.2, 0.25) is 11.8 Å². The van der Waals surface area contributed by atoms with Gasteiger partial charge in [-0.1, -0.05) is 30.3 Å². The fourth-order valence-electron chi connectivity index (χ4n) is 6.00. The van der Waals surface area contributed by atoms with Gasteiger partial charge < -0.3 is 10.2 Å². The molecule has 47 heavy (non-hydrogen) atoms. The molecule has 0 bridgehead atoms. The molecule has 3 aliphatic heterocycles. The molecule has 0 aliphatic carbocycles. The summed E-state index contributed by atoms with van der Waals surface area (Å²) >= 11 is 0. The van der Waals surface area contributed by atoms with Crippen molar-refractivity contribution in [3.05, 3.63) is 107 Å². The van der Waals surface area contributed by atoms with Gasteiger partial charge in [-0.25, -0.2) is 4.98 Å². The Balaban J connectivity index is 1.03. The highest BCUT2D eigenvalue weighted by Gasteiger charge is 2.45. The van der Waals surface area contributed by atoms with Crippen LogP contribution in [0.25, 0.3) is 16.6 Å². The Labute approximate surface area is 266 Å². The summed E-state index contributed by atoms with van der Waals surface area (Å²) < 4.78 is 30.9. The number of anilines is 1. The van der Waals surface area contributed by atoms with Crippen molar-refractivity contribution in [2.45, 2.75) is 37.8 Å². The van der Waals surface area contributed by atoms with E-state index in [4.69, 9.17) is 0 Å². The summed E-state index contributed by atoms with van der Waals surface area (Å²) in [6, 6.07) is 16.1. The summed E-state index contributed by atoms with van der Waals surface area (Å²) in [6.07, 6.45) is 4.15. The number of carbonyl (C=O) groups excluding carboxylic acids is 5. The molecular formula is C34H26F2N6O5. The molecule has 4 heterocycles. The van der Waals surface area contributed by atoms with Crippen LogP contribution in [0, 0.1) is 0 Å². The van der Waals surface area contributed by atoms with Gasteiger partial charge in [-0.2, -0.15) is 8.78 Å². The molecule has 11 nitrogen and oxygen atoms in total. The van der Waals surface area contributed by atoms with Crippen LogP contribution in [-0.2, 0) is 26.9 Å². The Hall–Kier alpha value is -5.85. The van der Waals surface area contributed by atoms with Crippen molar-refractivity contribution in [2.24, 2.45) is 0 Å². The minimum absolute atomic E-state index is 0.00365. The van der Waals surface area contributed by atoms with Gasteiger partial charge in [-0.05, 0) is 60.4 Å². The Morgan fingerprint density at radius 2 is 1.72 bits per heavy atom. The first-order valence-electron chi connectivity index (χ1n) is 14.9. The molecule has 3 aliphatic rings. The Morgan fingerprint density at radius 3 is 2.53 bits per heavy atom. The number of halogens is 2. The van der Waals surface area contributed by atoms with Gasteiger partial charge in [-0.3, -0.25) is 39.2 Å². The van der Waals surface area contributed by atoms with Crippen molar-refractivity contribution in [1.29, 1.82) is 0 Å². The average Bonchev–Trinajstić information content (AvgIpc) is 3.67. The van der Waals surface area contributed by atoms with Crippen molar-refractivity contribution in [2.75, 3.05) is 11.4 Å². The van der Waals surface area contributed by atoms with Crippen molar-refractivity contribution in [3.8, 4) is 0 Å². The number of hydrogen-bond donors (Lipinski definition) is 2. The standard InChI is InChI=1S/C34H26F2N6O5/c35-34(36,21-4-3-5-22(15-21)41-13-12-20(18-41)27-17-37-25-6-1-2-7-26(25)39-27)33(47)38-16-19-8-9-23-24(14-19)32(46)42(31(23)45)28-10-11-29(43)40-30(28)44/h1-9,14-15,17-18,28H,10-13,16H2,(H,38,47)(H,40,43,44). The number of carbonyl (C=O) groups is 5. The van der Waals surface area contributed by atoms with Crippen LogP contribution in [0.2, 0.25) is 0 Å². The maximum atomic E-state index is 15.4. The second-order valence-corrected chi connectivity index (χ2v) is 11.5. The predicted octanol–water partition coefficient (Wildman–Crippen LogP) is 3.69. The number of fused-ring (bicyclic) bond motifs is 2. The molecule has 236 valence electrons. The summed E-state index contributed by atoms with van der Waals surface area (Å²) in [4.78, 5) is 74.3. The molecule has 1 saturated heterocycles. The third-order valence-corrected chi connectivity index (χ3v) is 8.49. The number of aromatic nitrogens is 2. The molecule has 4 aromatic rings. The predicted molar refractivity (Wildman–Crippen MR) is 165 cm³/mol. The number of para-hydroxylation sites is 2. The average molecular weight is 637 g/mol. The summed E-state index contributed by atoms with van der Waals surface area (Å²) in [7, 11) is 0. The molecule has 7 rings (SSSR count). The van der Waals surface area contributed by atoms with Gasteiger partial charge in [0.25, 0.3) is 17.7 Å². The lowest BCUT2D eigenvalue weighted by molar-refractivity contribution is -0.147. The fraction of sp³-hybridized carbons (Fsp3) is 0.206. The van der Waals surface area contributed by atoms with Crippen molar-refractivity contribution in [3.63, 3.8) is 0 Å². The van der Waals surface area contributed by atoms with Crippen molar-refractivity contribution in [1.82, 2.24) is 25.5 Å². The van der Waals surface area contributed by atoms with E-state index < -0.39 is 47.1 Å². The lowest BCUT2D eigenvalue weighted by Crippen LogP contribution is -2.54.